The molecule has 0 atom stereocenters. The lowest BCUT2D eigenvalue weighted by Gasteiger charge is -2.34. The predicted molar refractivity (Wildman–Crippen MR) is 138 cm³/mol. The van der Waals surface area contributed by atoms with Gasteiger partial charge in [0.1, 0.15) is 22.3 Å². The van der Waals surface area contributed by atoms with Crippen LogP contribution in [-0.4, -0.2) is 59.2 Å². The van der Waals surface area contributed by atoms with Crippen LogP contribution in [0.15, 0.2) is 86.3 Å². The van der Waals surface area contributed by atoms with Gasteiger partial charge >= 0.3 is 0 Å². The molecule has 1 fully saturated rings. The minimum atomic E-state index is -3.94. The van der Waals surface area contributed by atoms with E-state index in [0.717, 1.165) is 15.8 Å². The fourth-order valence-electron chi connectivity index (χ4n) is 4.34. The van der Waals surface area contributed by atoms with Gasteiger partial charge in [0.25, 0.3) is 0 Å². The van der Waals surface area contributed by atoms with Crippen LogP contribution < -0.4 is 4.90 Å². The smallest absolute Gasteiger partial charge is 0.246 e. The third kappa shape index (κ3) is 4.27. The van der Waals surface area contributed by atoms with E-state index in [4.69, 9.17) is 9.89 Å². The Hall–Kier alpha value is -4.05. The van der Waals surface area contributed by atoms with E-state index in [1.807, 2.05) is 35.2 Å². The van der Waals surface area contributed by atoms with Gasteiger partial charge in [-0.15, -0.1) is 0 Å². The van der Waals surface area contributed by atoms with Crippen molar-refractivity contribution in [2.75, 3.05) is 31.1 Å². The van der Waals surface area contributed by atoms with Gasteiger partial charge in [0.2, 0.25) is 10.0 Å². The summed E-state index contributed by atoms with van der Waals surface area (Å²) in [7, 11) is -3.94. The maximum atomic E-state index is 14.0. The molecule has 0 bridgehead atoms. The zero-order chi connectivity index (χ0) is 25.4. The van der Waals surface area contributed by atoms with E-state index in [9.17, 15) is 8.42 Å². The Kier molecular flexibility index (Phi) is 5.96. The van der Waals surface area contributed by atoms with Gasteiger partial charge in [-0.05, 0) is 46.7 Å². The highest BCUT2D eigenvalue weighted by Crippen LogP contribution is 2.40. The van der Waals surface area contributed by atoms with Crippen molar-refractivity contribution in [1.29, 1.82) is 5.26 Å². The van der Waals surface area contributed by atoms with Gasteiger partial charge in [-0.1, -0.05) is 30.0 Å². The van der Waals surface area contributed by atoms with Crippen molar-refractivity contribution in [1.82, 2.24) is 24.6 Å². The molecule has 37 heavy (non-hydrogen) atoms. The first kappa shape index (κ1) is 23.4. The molecular weight excluding hydrogens is 510 g/mol. The molecule has 1 aliphatic rings. The minimum Gasteiger partial charge on any atom is -0.354 e. The highest BCUT2D eigenvalue weighted by Gasteiger charge is 2.34. The first-order chi connectivity index (χ1) is 18.0. The van der Waals surface area contributed by atoms with Gasteiger partial charge in [0.15, 0.2) is 5.52 Å². The highest BCUT2D eigenvalue weighted by molar-refractivity contribution is 8.00. The third-order valence-corrected chi connectivity index (χ3v) is 9.41. The van der Waals surface area contributed by atoms with Crippen LogP contribution in [-0.2, 0) is 10.0 Å². The van der Waals surface area contributed by atoms with Gasteiger partial charge in [0, 0.05) is 53.7 Å². The topological polar surface area (TPSA) is 129 Å². The Labute approximate surface area is 216 Å². The van der Waals surface area contributed by atoms with Crippen molar-refractivity contribution in [3.8, 4) is 6.07 Å². The molecule has 184 valence electrons. The summed E-state index contributed by atoms with van der Waals surface area (Å²) in [5, 5.41) is 17.8. The molecule has 5 aromatic rings. The lowest BCUT2D eigenvalue weighted by Crippen LogP contribution is -2.49. The zero-order valence-electron chi connectivity index (χ0n) is 19.4. The van der Waals surface area contributed by atoms with Crippen molar-refractivity contribution in [2.24, 2.45) is 0 Å². The number of fused-ring (bicyclic) bond motifs is 2. The Morgan fingerprint density at radius 2 is 1.73 bits per heavy atom. The Morgan fingerprint density at radius 3 is 2.51 bits per heavy atom. The molecule has 12 heteroatoms. The summed E-state index contributed by atoms with van der Waals surface area (Å²) in [4.78, 5) is 12.3. The lowest BCUT2D eigenvalue weighted by molar-refractivity contribution is 0.314. The van der Waals surface area contributed by atoms with Crippen molar-refractivity contribution in [3.63, 3.8) is 0 Å². The van der Waals surface area contributed by atoms with Crippen LogP contribution in [0.1, 0.15) is 5.56 Å². The summed E-state index contributed by atoms with van der Waals surface area (Å²) in [5.74, 6) is 0.707. The van der Waals surface area contributed by atoms with E-state index in [-0.39, 0.29) is 23.5 Å². The van der Waals surface area contributed by atoms with Crippen LogP contribution in [0.25, 0.3) is 21.9 Å². The SMILES string of the molecule is N#Cc1ccc(N2CCN(S(=O)(=O)c3c(Sc4cccc5cccnc45)ccc4nonc34)CC2)nc1. The summed E-state index contributed by atoms with van der Waals surface area (Å²) < 4.78 is 34.4. The quantitative estimate of drug-likeness (QED) is 0.332. The normalized spacial score (nSPS) is 14.7. The molecule has 2 aromatic carbocycles. The van der Waals surface area contributed by atoms with E-state index < -0.39 is 10.0 Å². The monoisotopic (exact) mass is 529 g/mol. The number of piperazine rings is 1. The van der Waals surface area contributed by atoms with E-state index in [0.29, 0.717) is 34.9 Å². The molecule has 6 rings (SSSR count). The molecule has 0 amide bonds. The van der Waals surface area contributed by atoms with Gasteiger partial charge in [-0.25, -0.2) is 18.0 Å². The molecule has 3 aromatic heterocycles. The van der Waals surface area contributed by atoms with Gasteiger partial charge in [0.05, 0.1) is 11.1 Å². The number of hydrogen-bond acceptors (Lipinski definition) is 10. The molecule has 0 unspecified atom stereocenters. The van der Waals surface area contributed by atoms with Gasteiger partial charge in [-0.2, -0.15) is 9.57 Å². The zero-order valence-corrected chi connectivity index (χ0v) is 21.0. The van der Waals surface area contributed by atoms with E-state index >= 15 is 0 Å². The van der Waals surface area contributed by atoms with Crippen LogP contribution in [0.5, 0.6) is 0 Å². The maximum absolute atomic E-state index is 14.0. The largest absolute Gasteiger partial charge is 0.354 e. The summed E-state index contributed by atoms with van der Waals surface area (Å²) in [6.07, 6.45) is 3.24. The number of benzene rings is 2. The minimum absolute atomic E-state index is 0.0779. The number of hydrogen-bond donors (Lipinski definition) is 0. The van der Waals surface area contributed by atoms with Crippen molar-refractivity contribution in [2.45, 2.75) is 14.7 Å². The standard InChI is InChI=1S/C25H19N7O3S2/c26-15-17-6-9-22(28-16-17)31-11-13-32(14-12-31)37(33,34)25-21(8-7-19-24(25)30-35-29-19)36-20-5-1-3-18-4-2-10-27-23(18)20/h1-10,16H,11-14H2. The highest BCUT2D eigenvalue weighted by atomic mass is 32.2. The van der Waals surface area contributed by atoms with E-state index in [2.05, 4.69) is 26.4 Å². The molecule has 0 N–H and O–H groups in total. The molecule has 0 saturated carbocycles. The molecule has 4 heterocycles. The molecule has 0 radical (unpaired) electrons. The maximum Gasteiger partial charge on any atom is 0.246 e. The second-order valence-corrected chi connectivity index (χ2v) is 11.3. The van der Waals surface area contributed by atoms with Crippen LogP contribution in [0.2, 0.25) is 0 Å². The molecule has 1 aliphatic heterocycles. The second kappa shape index (κ2) is 9.44. The summed E-state index contributed by atoms with van der Waals surface area (Å²) in [5.41, 5.74) is 1.85. The Balaban J connectivity index is 1.33. The number of nitriles is 1. The number of nitrogens with zero attached hydrogens (tertiary/aromatic N) is 7. The molecule has 10 nitrogen and oxygen atoms in total. The lowest BCUT2D eigenvalue weighted by atomic mass is 10.2. The first-order valence-electron chi connectivity index (χ1n) is 11.4. The number of rotatable bonds is 5. The van der Waals surface area contributed by atoms with Crippen LogP contribution in [0, 0.1) is 11.3 Å². The second-order valence-electron chi connectivity index (χ2n) is 8.37. The molecule has 1 saturated heterocycles. The number of sulfonamides is 1. The van der Waals surface area contributed by atoms with Crippen molar-refractivity contribution in [3.05, 3.63) is 72.6 Å². The van der Waals surface area contributed by atoms with Gasteiger partial charge in [-0.3, -0.25) is 4.98 Å². The number of aromatic nitrogens is 4. The molecule has 0 spiro atoms. The van der Waals surface area contributed by atoms with E-state index in [1.165, 1.54) is 22.3 Å². The summed E-state index contributed by atoms with van der Waals surface area (Å²) in [6.45, 7) is 1.46. The third-order valence-electron chi connectivity index (χ3n) is 6.20. The number of pyridine rings is 2. The average molecular weight is 530 g/mol. The van der Waals surface area contributed by atoms with Crippen LogP contribution in [0.3, 0.4) is 0 Å². The fourth-order valence-corrected chi connectivity index (χ4v) is 7.37. The summed E-state index contributed by atoms with van der Waals surface area (Å²) >= 11 is 1.33. The van der Waals surface area contributed by atoms with Crippen LogP contribution >= 0.6 is 11.8 Å². The Morgan fingerprint density at radius 1 is 0.892 bits per heavy atom. The molecular formula is C25H19N7O3S2. The predicted octanol–water partition coefficient (Wildman–Crippen LogP) is 3.70. The number of para-hydroxylation sites is 1. The molecule has 0 aliphatic carbocycles. The van der Waals surface area contributed by atoms with Crippen LogP contribution in [0.4, 0.5) is 5.82 Å². The van der Waals surface area contributed by atoms with Gasteiger partial charge < -0.3 is 4.90 Å². The Bertz CT molecular complexity index is 1750. The average Bonchev–Trinajstić information content (AvgIpc) is 3.42. The first-order valence-corrected chi connectivity index (χ1v) is 13.7. The summed E-state index contributed by atoms with van der Waals surface area (Å²) in [6, 6.07) is 18.6. The fraction of sp³-hybridized carbons (Fsp3) is 0.160. The van der Waals surface area contributed by atoms with Crippen molar-refractivity contribution >= 4 is 49.5 Å². The van der Waals surface area contributed by atoms with Crippen molar-refractivity contribution < 1.29 is 13.0 Å². The number of anilines is 1. The van der Waals surface area contributed by atoms with E-state index in [1.54, 1.807) is 30.5 Å².